The van der Waals surface area contributed by atoms with Gasteiger partial charge in [0.2, 0.25) is 0 Å². The first-order chi connectivity index (χ1) is 9.65. The minimum atomic E-state index is -0.0111. The normalized spacial score (nSPS) is 10.1. The highest BCUT2D eigenvalue weighted by atomic mass is 32.1. The number of benzene rings is 2. The molecule has 0 aliphatic carbocycles. The number of carbonyl (C=O) groups excluding carboxylic acids is 1. The molecule has 0 N–H and O–H groups in total. The minimum Gasteiger partial charge on any atom is -0.482 e. The second kappa shape index (κ2) is 6.96. The molecule has 0 aromatic heterocycles. The van der Waals surface area contributed by atoms with E-state index in [0.717, 1.165) is 11.1 Å². The predicted octanol–water partition coefficient (Wildman–Crippen LogP) is 4.11. The van der Waals surface area contributed by atoms with E-state index in [2.05, 4.69) is 0 Å². The average molecular weight is 284 g/mol. The summed E-state index contributed by atoms with van der Waals surface area (Å²) in [7, 11) is 0. The van der Waals surface area contributed by atoms with Gasteiger partial charge >= 0.3 is 0 Å². The van der Waals surface area contributed by atoms with E-state index in [0.29, 0.717) is 17.2 Å². The SMILES string of the molecule is Cc1ccc(C(=O)CC(=S)OCc2ccccc2)cc1. The molecule has 0 aliphatic rings. The van der Waals surface area contributed by atoms with E-state index in [4.69, 9.17) is 17.0 Å². The number of hydrogen-bond acceptors (Lipinski definition) is 3. The third-order valence-electron chi connectivity index (χ3n) is 2.92. The maximum absolute atomic E-state index is 12.0. The summed E-state index contributed by atoms with van der Waals surface area (Å²) in [5, 5.41) is 0.333. The molecule has 2 aromatic rings. The van der Waals surface area contributed by atoms with Gasteiger partial charge in [0.15, 0.2) is 10.8 Å². The monoisotopic (exact) mass is 284 g/mol. The molecule has 0 unspecified atom stereocenters. The van der Waals surface area contributed by atoms with Gasteiger partial charge in [0.1, 0.15) is 6.61 Å². The zero-order chi connectivity index (χ0) is 14.4. The van der Waals surface area contributed by atoms with Crippen LogP contribution in [0.3, 0.4) is 0 Å². The second-order valence-electron chi connectivity index (χ2n) is 4.61. The largest absolute Gasteiger partial charge is 0.482 e. The molecule has 2 nitrogen and oxygen atoms in total. The fourth-order valence-corrected chi connectivity index (χ4v) is 1.95. The Bertz CT molecular complexity index is 588. The molecule has 0 bridgehead atoms. The fraction of sp³-hybridized carbons (Fsp3) is 0.176. The first kappa shape index (κ1) is 14.4. The molecule has 0 saturated heterocycles. The van der Waals surface area contributed by atoms with Crippen molar-refractivity contribution in [2.24, 2.45) is 0 Å². The number of thiocarbonyl (C=S) groups is 1. The van der Waals surface area contributed by atoms with Crippen LogP contribution in [0.5, 0.6) is 0 Å². The number of aryl methyl sites for hydroxylation is 1. The van der Waals surface area contributed by atoms with Gasteiger partial charge in [0.05, 0.1) is 6.42 Å². The third-order valence-corrected chi connectivity index (χ3v) is 3.18. The fourth-order valence-electron chi connectivity index (χ4n) is 1.76. The summed E-state index contributed by atoms with van der Waals surface area (Å²) in [6.07, 6.45) is 0.144. The van der Waals surface area contributed by atoms with Crippen molar-refractivity contribution in [3.05, 3.63) is 71.3 Å². The summed E-state index contributed by atoms with van der Waals surface area (Å²) in [5.41, 5.74) is 2.84. The van der Waals surface area contributed by atoms with Crippen LogP contribution in [0.1, 0.15) is 27.9 Å². The highest BCUT2D eigenvalue weighted by Gasteiger charge is 2.09. The standard InChI is InChI=1S/C17H16O2S/c1-13-7-9-15(10-8-13)16(18)11-17(20)19-12-14-5-3-2-4-6-14/h2-10H,11-12H2,1H3. The van der Waals surface area contributed by atoms with Crippen LogP contribution in [0.25, 0.3) is 0 Å². The summed E-state index contributed by atoms with van der Waals surface area (Å²) in [6.45, 7) is 2.39. The average Bonchev–Trinajstić information content (AvgIpc) is 2.47. The van der Waals surface area contributed by atoms with Crippen molar-refractivity contribution >= 4 is 23.1 Å². The lowest BCUT2D eigenvalue weighted by atomic mass is 10.1. The summed E-state index contributed by atoms with van der Waals surface area (Å²) in [6, 6.07) is 17.2. The van der Waals surface area contributed by atoms with Crippen LogP contribution < -0.4 is 0 Å². The Balaban J connectivity index is 1.85. The van der Waals surface area contributed by atoms with E-state index >= 15 is 0 Å². The molecule has 0 radical (unpaired) electrons. The van der Waals surface area contributed by atoms with Crippen LogP contribution >= 0.6 is 12.2 Å². The maximum Gasteiger partial charge on any atom is 0.171 e. The van der Waals surface area contributed by atoms with Crippen molar-refractivity contribution in [2.45, 2.75) is 20.0 Å². The molecule has 2 rings (SSSR count). The van der Waals surface area contributed by atoms with Crippen LogP contribution in [-0.2, 0) is 11.3 Å². The summed E-state index contributed by atoms with van der Waals surface area (Å²) in [4.78, 5) is 12.0. The lowest BCUT2D eigenvalue weighted by Crippen LogP contribution is -2.09. The summed E-state index contributed by atoms with van der Waals surface area (Å²) in [5.74, 6) is -0.0111. The molecule has 3 heteroatoms. The maximum atomic E-state index is 12.0. The number of carbonyl (C=O) groups is 1. The highest BCUT2D eigenvalue weighted by Crippen LogP contribution is 2.09. The molecule has 0 amide bonds. The van der Waals surface area contributed by atoms with Gasteiger partial charge in [-0.15, -0.1) is 0 Å². The van der Waals surface area contributed by atoms with Crippen molar-refractivity contribution in [3.8, 4) is 0 Å². The Morgan fingerprint density at radius 2 is 1.70 bits per heavy atom. The Kier molecular flexibility index (Phi) is 5.02. The van der Waals surface area contributed by atoms with Crippen molar-refractivity contribution in [3.63, 3.8) is 0 Å². The lowest BCUT2D eigenvalue weighted by Gasteiger charge is -2.07. The molecule has 102 valence electrons. The van der Waals surface area contributed by atoms with Gasteiger partial charge in [0.25, 0.3) is 0 Å². The molecular weight excluding hydrogens is 268 g/mol. The Morgan fingerprint density at radius 3 is 2.35 bits per heavy atom. The van der Waals surface area contributed by atoms with Crippen LogP contribution in [0.15, 0.2) is 54.6 Å². The molecule has 0 fully saturated rings. The van der Waals surface area contributed by atoms with Crippen LogP contribution in [0.4, 0.5) is 0 Å². The minimum absolute atomic E-state index is 0.0111. The highest BCUT2D eigenvalue weighted by molar-refractivity contribution is 7.80. The Hall–Kier alpha value is -2.00. The second-order valence-corrected chi connectivity index (χ2v) is 5.07. The van der Waals surface area contributed by atoms with Gasteiger partial charge in [-0.25, -0.2) is 0 Å². The third kappa shape index (κ3) is 4.28. The molecule has 20 heavy (non-hydrogen) atoms. The molecule has 0 saturated carbocycles. The van der Waals surface area contributed by atoms with Gasteiger partial charge in [0, 0.05) is 5.56 Å². The molecule has 2 aromatic carbocycles. The molecule has 0 atom stereocenters. The molecule has 0 aliphatic heterocycles. The Morgan fingerprint density at radius 1 is 1.05 bits per heavy atom. The van der Waals surface area contributed by atoms with E-state index in [1.165, 1.54) is 0 Å². The smallest absolute Gasteiger partial charge is 0.171 e. The summed E-state index contributed by atoms with van der Waals surface area (Å²) < 4.78 is 5.45. The molecule has 0 heterocycles. The van der Waals surface area contributed by atoms with E-state index in [-0.39, 0.29) is 12.2 Å². The molecular formula is C17H16O2S. The van der Waals surface area contributed by atoms with Crippen LogP contribution in [0, 0.1) is 6.92 Å². The number of ketones is 1. The van der Waals surface area contributed by atoms with Gasteiger partial charge in [-0.2, -0.15) is 0 Å². The quantitative estimate of drug-likeness (QED) is 0.610. The summed E-state index contributed by atoms with van der Waals surface area (Å²) >= 11 is 5.11. The number of rotatable bonds is 5. The number of hydrogen-bond donors (Lipinski definition) is 0. The van der Waals surface area contributed by atoms with Crippen LogP contribution in [-0.4, -0.2) is 10.8 Å². The van der Waals surface area contributed by atoms with Gasteiger partial charge in [-0.3, -0.25) is 4.79 Å². The van der Waals surface area contributed by atoms with Gasteiger partial charge in [-0.05, 0) is 24.7 Å². The van der Waals surface area contributed by atoms with Crippen molar-refractivity contribution in [1.82, 2.24) is 0 Å². The zero-order valence-corrected chi connectivity index (χ0v) is 12.2. The first-order valence-electron chi connectivity index (χ1n) is 6.44. The van der Waals surface area contributed by atoms with Crippen molar-refractivity contribution in [2.75, 3.05) is 0 Å². The van der Waals surface area contributed by atoms with E-state index in [9.17, 15) is 4.79 Å². The Labute approximate surface area is 124 Å². The topological polar surface area (TPSA) is 26.3 Å². The van der Waals surface area contributed by atoms with Gasteiger partial charge in [-0.1, -0.05) is 60.2 Å². The number of Topliss-reactive ketones (excluding diaryl/α,β-unsaturated/α-hetero) is 1. The van der Waals surface area contributed by atoms with Crippen molar-refractivity contribution in [1.29, 1.82) is 0 Å². The van der Waals surface area contributed by atoms with E-state index in [1.807, 2.05) is 61.5 Å². The van der Waals surface area contributed by atoms with Crippen molar-refractivity contribution < 1.29 is 9.53 Å². The number of ether oxygens (including phenoxy) is 1. The van der Waals surface area contributed by atoms with E-state index < -0.39 is 0 Å². The van der Waals surface area contributed by atoms with E-state index in [1.54, 1.807) is 0 Å². The predicted molar refractivity (Wildman–Crippen MR) is 84.0 cm³/mol. The van der Waals surface area contributed by atoms with Crippen LogP contribution in [0.2, 0.25) is 0 Å². The zero-order valence-electron chi connectivity index (χ0n) is 11.3. The van der Waals surface area contributed by atoms with Gasteiger partial charge < -0.3 is 4.74 Å². The molecule has 0 spiro atoms. The first-order valence-corrected chi connectivity index (χ1v) is 6.85. The lowest BCUT2D eigenvalue weighted by molar-refractivity contribution is 0.0993.